The van der Waals surface area contributed by atoms with E-state index in [0.717, 1.165) is 5.69 Å². The number of carbonyl (C=O) groups is 1. The van der Waals surface area contributed by atoms with Gasteiger partial charge in [-0.1, -0.05) is 6.92 Å². The molecule has 0 saturated heterocycles. The molecule has 0 radical (unpaired) electrons. The van der Waals surface area contributed by atoms with E-state index >= 15 is 0 Å². The lowest BCUT2D eigenvalue weighted by Gasteiger charge is -2.18. The lowest BCUT2D eigenvalue weighted by molar-refractivity contribution is -0.136. The first-order chi connectivity index (χ1) is 8.36. The van der Waals surface area contributed by atoms with Crippen molar-refractivity contribution in [2.24, 2.45) is 0 Å². The lowest BCUT2D eigenvalue weighted by atomic mass is 10.3. The third kappa shape index (κ3) is 3.73. The Kier molecular flexibility index (Phi) is 4.72. The number of carboxylic acids is 1. The fourth-order valence-corrected chi connectivity index (χ4v) is 2.35. The van der Waals surface area contributed by atoms with Crippen LogP contribution in [0.5, 0.6) is 0 Å². The van der Waals surface area contributed by atoms with E-state index in [-0.39, 0.29) is 12.2 Å². The topological polar surface area (TPSA) is 74.7 Å². The summed E-state index contributed by atoms with van der Waals surface area (Å²) in [5, 5.41) is 8.59. The predicted octanol–water partition coefficient (Wildman–Crippen LogP) is 1.39. The van der Waals surface area contributed by atoms with Crippen molar-refractivity contribution in [1.82, 2.24) is 0 Å². The summed E-state index contributed by atoms with van der Waals surface area (Å²) in [6.07, 6.45) is 0.0471. The number of benzene rings is 1. The highest BCUT2D eigenvalue weighted by Crippen LogP contribution is 2.18. The monoisotopic (exact) mass is 271 g/mol. The molecule has 6 heteroatoms. The van der Waals surface area contributed by atoms with E-state index in [1.54, 1.807) is 43.1 Å². The van der Waals surface area contributed by atoms with Crippen molar-refractivity contribution >= 4 is 21.5 Å². The van der Waals surface area contributed by atoms with Gasteiger partial charge in [0.25, 0.3) is 0 Å². The molecule has 0 aliphatic rings. The first-order valence-electron chi connectivity index (χ1n) is 5.62. The summed E-state index contributed by atoms with van der Waals surface area (Å²) in [7, 11) is -1.41. The maximum Gasteiger partial charge on any atom is 0.305 e. The molecule has 0 aliphatic carbocycles. The van der Waals surface area contributed by atoms with E-state index in [0.29, 0.717) is 11.4 Å². The summed E-state index contributed by atoms with van der Waals surface area (Å²) in [5.41, 5.74) is 0.798. The van der Waals surface area contributed by atoms with Crippen molar-refractivity contribution in [3.8, 4) is 0 Å². The van der Waals surface area contributed by atoms with Crippen LogP contribution in [-0.2, 0) is 14.6 Å². The smallest absolute Gasteiger partial charge is 0.305 e. The molecule has 0 spiro atoms. The second kappa shape index (κ2) is 5.86. The molecule has 1 aromatic rings. The number of nitrogens with zero attached hydrogens (tertiary/aromatic N) is 1. The van der Waals surface area contributed by atoms with Crippen LogP contribution in [-0.4, -0.2) is 38.8 Å². The van der Waals surface area contributed by atoms with Gasteiger partial charge in [0.15, 0.2) is 9.84 Å². The van der Waals surface area contributed by atoms with Gasteiger partial charge in [0.1, 0.15) is 0 Å². The number of aliphatic carboxylic acids is 1. The molecule has 0 aromatic heterocycles. The van der Waals surface area contributed by atoms with Crippen LogP contribution in [0.25, 0.3) is 0 Å². The van der Waals surface area contributed by atoms with Crippen LogP contribution in [0.15, 0.2) is 29.2 Å². The van der Waals surface area contributed by atoms with E-state index in [1.165, 1.54) is 0 Å². The van der Waals surface area contributed by atoms with Crippen LogP contribution >= 0.6 is 0 Å². The first kappa shape index (κ1) is 14.5. The molecule has 100 valence electrons. The fourth-order valence-electron chi connectivity index (χ4n) is 1.47. The molecule has 0 heterocycles. The van der Waals surface area contributed by atoms with Crippen molar-refractivity contribution in [2.45, 2.75) is 18.2 Å². The zero-order valence-corrected chi connectivity index (χ0v) is 11.3. The number of anilines is 1. The van der Waals surface area contributed by atoms with Crippen LogP contribution in [0, 0.1) is 0 Å². The SMILES string of the molecule is CCS(=O)(=O)c1ccc(N(C)CCC(=O)O)cc1. The molecular formula is C12H17NO4S. The maximum absolute atomic E-state index is 11.6. The van der Waals surface area contributed by atoms with Gasteiger partial charge in [-0.15, -0.1) is 0 Å². The van der Waals surface area contributed by atoms with Gasteiger partial charge in [-0.25, -0.2) is 8.42 Å². The van der Waals surface area contributed by atoms with E-state index in [4.69, 9.17) is 5.11 Å². The molecule has 0 unspecified atom stereocenters. The maximum atomic E-state index is 11.6. The fraction of sp³-hybridized carbons (Fsp3) is 0.417. The molecule has 5 nitrogen and oxygen atoms in total. The van der Waals surface area contributed by atoms with Gasteiger partial charge in [-0.3, -0.25) is 4.79 Å². The van der Waals surface area contributed by atoms with Crippen LogP contribution in [0.4, 0.5) is 5.69 Å². The second-order valence-corrected chi connectivity index (χ2v) is 6.24. The van der Waals surface area contributed by atoms with Crippen LogP contribution in [0.2, 0.25) is 0 Å². The third-order valence-corrected chi connectivity index (χ3v) is 4.43. The number of rotatable bonds is 6. The van der Waals surface area contributed by atoms with Crippen molar-refractivity contribution < 1.29 is 18.3 Å². The summed E-state index contributed by atoms with van der Waals surface area (Å²) in [4.78, 5) is 12.5. The molecule has 0 fully saturated rings. The van der Waals surface area contributed by atoms with Gasteiger partial charge < -0.3 is 10.0 Å². The Morgan fingerprint density at radius 3 is 2.28 bits per heavy atom. The summed E-state index contributed by atoms with van der Waals surface area (Å²) >= 11 is 0. The van der Waals surface area contributed by atoms with Crippen molar-refractivity contribution in [2.75, 3.05) is 24.2 Å². The highest BCUT2D eigenvalue weighted by Gasteiger charge is 2.11. The minimum atomic E-state index is -3.18. The summed E-state index contributed by atoms with van der Waals surface area (Å²) in [5.74, 6) is -0.784. The van der Waals surface area contributed by atoms with E-state index in [1.807, 2.05) is 0 Å². The van der Waals surface area contributed by atoms with Gasteiger partial charge in [-0.05, 0) is 24.3 Å². The quantitative estimate of drug-likeness (QED) is 0.846. The predicted molar refractivity (Wildman–Crippen MR) is 69.7 cm³/mol. The second-order valence-electron chi connectivity index (χ2n) is 3.96. The van der Waals surface area contributed by atoms with E-state index in [2.05, 4.69) is 0 Å². The number of sulfone groups is 1. The first-order valence-corrected chi connectivity index (χ1v) is 7.28. The third-order valence-electron chi connectivity index (χ3n) is 2.68. The van der Waals surface area contributed by atoms with Gasteiger partial charge in [0.2, 0.25) is 0 Å². The highest BCUT2D eigenvalue weighted by atomic mass is 32.2. The molecule has 0 bridgehead atoms. The zero-order chi connectivity index (χ0) is 13.8. The minimum absolute atomic E-state index is 0.0471. The summed E-state index contributed by atoms with van der Waals surface area (Å²) in [6.45, 7) is 1.98. The number of carboxylic acid groups (broad SMARTS) is 1. The molecule has 1 N–H and O–H groups in total. The summed E-state index contributed by atoms with van der Waals surface area (Å²) < 4.78 is 23.2. The Balaban J connectivity index is 2.80. The Morgan fingerprint density at radius 1 is 1.28 bits per heavy atom. The molecule has 18 heavy (non-hydrogen) atoms. The molecule has 0 atom stereocenters. The minimum Gasteiger partial charge on any atom is -0.481 e. The molecule has 0 saturated carbocycles. The average molecular weight is 271 g/mol. The highest BCUT2D eigenvalue weighted by molar-refractivity contribution is 7.91. The van der Waals surface area contributed by atoms with Crippen LogP contribution in [0.3, 0.4) is 0 Å². The van der Waals surface area contributed by atoms with Gasteiger partial charge in [0.05, 0.1) is 17.1 Å². The van der Waals surface area contributed by atoms with Gasteiger partial charge >= 0.3 is 5.97 Å². The van der Waals surface area contributed by atoms with E-state index in [9.17, 15) is 13.2 Å². The Hall–Kier alpha value is -1.56. The molecule has 0 aliphatic heterocycles. The van der Waals surface area contributed by atoms with Crippen LogP contribution in [0.1, 0.15) is 13.3 Å². The Morgan fingerprint density at radius 2 is 1.83 bits per heavy atom. The number of hydrogen-bond acceptors (Lipinski definition) is 4. The molecule has 0 amide bonds. The molecule has 1 rings (SSSR count). The van der Waals surface area contributed by atoms with Crippen molar-refractivity contribution in [3.63, 3.8) is 0 Å². The summed E-state index contributed by atoms with van der Waals surface area (Å²) in [6, 6.07) is 6.46. The largest absolute Gasteiger partial charge is 0.481 e. The van der Waals surface area contributed by atoms with Crippen LogP contribution < -0.4 is 4.90 Å². The standard InChI is InChI=1S/C12H17NO4S/c1-3-18(16,17)11-6-4-10(5-7-11)13(2)9-8-12(14)15/h4-7H,3,8-9H2,1-2H3,(H,14,15). The lowest BCUT2D eigenvalue weighted by Crippen LogP contribution is -2.20. The Labute approximate surface area is 107 Å². The normalized spacial score (nSPS) is 11.2. The number of hydrogen-bond donors (Lipinski definition) is 1. The molecular weight excluding hydrogens is 254 g/mol. The van der Waals surface area contributed by atoms with Gasteiger partial charge in [0, 0.05) is 19.3 Å². The zero-order valence-electron chi connectivity index (χ0n) is 10.5. The Bertz CT molecular complexity index is 507. The van der Waals surface area contributed by atoms with Crippen molar-refractivity contribution in [1.29, 1.82) is 0 Å². The van der Waals surface area contributed by atoms with Crippen molar-refractivity contribution in [3.05, 3.63) is 24.3 Å². The van der Waals surface area contributed by atoms with E-state index < -0.39 is 15.8 Å². The molecule has 1 aromatic carbocycles. The van der Waals surface area contributed by atoms with Gasteiger partial charge in [-0.2, -0.15) is 0 Å². The average Bonchev–Trinajstić information content (AvgIpc) is 2.36.